The van der Waals surface area contributed by atoms with Crippen molar-refractivity contribution in [3.63, 3.8) is 0 Å². The van der Waals surface area contributed by atoms with Gasteiger partial charge in [-0.3, -0.25) is 5.10 Å². The van der Waals surface area contributed by atoms with Gasteiger partial charge in [-0.25, -0.2) is 0 Å². The molecule has 0 aliphatic heterocycles. The standard InChI is InChI=1S/C21H32N2O2/c1-19-10-12-11-22-23-17(12)18(24)16(19)5-4-13-14(19)6-8-20(2)15(13)7-9-21(20,3)25/h11,13-16,18,24-25H,4-10H2,1-3H3,(H,22,23). The first kappa shape index (κ1) is 16.3. The van der Waals surface area contributed by atoms with E-state index < -0.39 is 11.7 Å². The van der Waals surface area contributed by atoms with Crippen LogP contribution < -0.4 is 0 Å². The van der Waals surface area contributed by atoms with E-state index >= 15 is 0 Å². The third-order valence-corrected chi connectivity index (χ3v) is 9.50. The Balaban J connectivity index is 1.53. The summed E-state index contributed by atoms with van der Waals surface area (Å²) in [5.74, 6) is 2.35. The van der Waals surface area contributed by atoms with Crippen LogP contribution in [0, 0.1) is 34.5 Å². The predicted octanol–water partition coefficient (Wildman–Crippen LogP) is 3.61. The molecular formula is C21H32N2O2. The molecule has 0 bridgehead atoms. The van der Waals surface area contributed by atoms with E-state index in [1.807, 2.05) is 6.20 Å². The minimum absolute atomic E-state index is 0.0748. The molecule has 0 aromatic carbocycles. The van der Waals surface area contributed by atoms with Gasteiger partial charge in [0.2, 0.25) is 0 Å². The van der Waals surface area contributed by atoms with Crippen LogP contribution >= 0.6 is 0 Å². The number of nitrogens with one attached hydrogen (secondary N) is 1. The monoisotopic (exact) mass is 344 g/mol. The molecule has 0 spiro atoms. The molecule has 138 valence electrons. The Morgan fingerprint density at radius 2 is 1.80 bits per heavy atom. The lowest BCUT2D eigenvalue weighted by atomic mass is 9.44. The highest BCUT2D eigenvalue weighted by molar-refractivity contribution is 5.28. The van der Waals surface area contributed by atoms with Gasteiger partial charge in [-0.05, 0) is 91.9 Å². The molecule has 0 radical (unpaired) electrons. The summed E-state index contributed by atoms with van der Waals surface area (Å²) in [4.78, 5) is 0. The van der Waals surface area contributed by atoms with E-state index in [0.29, 0.717) is 23.7 Å². The molecule has 0 saturated heterocycles. The highest BCUT2D eigenvalue weighted by Crippen LogP contribution is 2.68. The molecule has 8 atom stereocenters. The van der Waals surface area contributed by atoms with Gasteiger partial charge >= 0.3 is 0 Å². The lowest BCUT2D eigenvalue weighted by Crippen LogP contribution is -2.57. The van der Waals surface area contributed by atoms with Gasteiger partial charge in [-0.2, -0.15) is 5.10 Å². The number of aromatic nitrogens is 2. The van der Waals surface area contributed by atoms with E-state index in [4.69, 9.17) is 0 Å². The molecule has 1 aromatic rings. The normalized spacial score (nSPS) is 54.4. The van der Waals surface area contributed by atoms with Crippen molar-refractivity contribution < 1.29 is 10.2 Å². The molecule has 25 heavy (non-hydrogen) atoms. The molecular weight excluding hydrogens is 312 g/mol. The summed E-state index contributed by atoms with van der Waals surface area (Å²) >= 11 is 0. The maximum absolute atomic E-state index is 11.0. The first-order valence-corrected chi connectivity index (χ1v) is 10.2. The van der Waals surface area contributed by atoms with Gasteiger partial charge in [-0.1, -0.05) is 13.8 Å². The van der Waals surface area contributed by atoms with Crippen molar-refractivity contribution in [1.82, 2.24) is 10.2 Å². The number of fused-ring (bicyclic) bond motifs is 6. The molecule has 5 rings (SSSR count). The number of aromatic amines is 1. The Kier molecular flexibility index (Phi) is 3.19. The number of rotatable bonds is 0. The SMILES string of the molecule is CC12Cc3cn[nH]c3C(O)C1CCC1C2CCC2(C)C1CCC2(C)O. The largest absolute Gasteiger partial charge is 0.390 e. The molecule has 3 fully saturated rings. The van der Waals surface area contributed by atoms with Crippen LogP contribution in [0.5, 0.6) is 0 Å². The van der Waals surface area contributed by atoms with Crippen LogP contribution in [-0.4, -0.2) is 26.0 Å². The van der Waals surface area contributed by atoms with Crippen molar-refractivity contribution in [2.24, 2.45) is 34.5 Å². The van der Waals surface area contributed by atoms with Crippen molar-refractivity contribution in [2.75, 3.05) is 0 Å². The second-order valence-electron chi connectivity index (χ2n) is 10.3. The smallest absolute Gasteiger partial charge is 0.0990 e. The maximum atomic E-state index is 11.0. The molecule has 0 amide bonds. The first-order valence-electron chi connectivity index (χ1n) is 10.2. The second kappa shape index (κ2) is 4.89. The summed E-state index contributed by atoms with van der Waals surface area (Å²) in [5, 5.41) is 29.3. The van der Waals surface area contributed by atoms with Gasteiger partial charge < -0.3 is 10.2 Å². The Morgan fingerprint density at radius 1 is 1.04 bits per heavy atom. The fourth-order valence-electron chi connectivity index (χ4n) is 7.84. The van der Waals surface area contributed by atoms with Gasteiger partial charge in [0.1, 0.15) is 0 Å². The van der Waals surface area contributed by atoms with Crippen molar-refractivity contribution in [3.05, 3.63) is 17.5 Å². The molecule has 4 nitrogen and oxygen atoms in total. The Bertz CT molecular complexity index is 698. The fraction of sp³-hybridized carbons (Fsp3) is 0.857. The van der Waals surface area contributed by atoms with Crippen LogP contribution in [0.15, 0.2) is 6.20 Å². The molecule has 8 unspecified atom stereocenters. The molecule has 4 heteroatoms. The Hall–Kier alpha value is -0.870. The first-order chi connectivity index (χ1) is 11.8. The molecule has 4 aliphatic rings. The van der Waals surface area contributed by atoms with Gasteiger partial charge in [0.05, 0.1) is 23.6 Å². The second-order valence-corrected chi connectivity index (χ2v) is 10.3. The molecule has 4 aliphatic carbocycles. The van der Waals surface area contributed by atoms with Gasteiger partial charge in [-0.15, -0.1) is 0 Å². The molecule has 3 N–H and O–H groups in total. The van der Waals surface area contributed by atoms with Crippen LogP contribution in [0.3, 0.4) is 0 Å². The zero-order valence-corrected chi connectivity index (χ0v) is 15.8. The molecule has 1 heterocycles. The van der Waals surface area contributed by atoms with Crippen LogP contribution in [-0.2, 0) is 6.42 Å². The van der Waals surface area contributed by atoms with E-state index in [1.165, 1.54) is 24.8 Å². The zero-order chi connectivity index (χ0) is 17.6. The summed E-state index contributed by atoms with van der Waals surface area (Å²) in [6.45, 7) is 6.85. The molecule has 3 saturated carbocycles. The number of aliphatic hydroxyl groups excluding tert-OH is 1. The quantitative estimate of drug-likeness (QED) is 0.673. The van der Waals surface area contributed by atoms with Crippen LogP contribution in [0.2, 0.25) is 0 Å². The van der Waals surface area contributed by atoms with Crippen molar-refractivity contribution >= 4 is 0 Å². The van der Waals surface area contributed by atoms with E-state index in [2.05, 4.69) is 31.0 Å². The van der Waals surface area contributed by atoms with Crippen LogP contribution in [0.25, 0.3) is 0 Å². The minimum Gasteiger partial charge on any atom is -0.390 e. The van der Waals surface area contributed by atoms with E-state index in [0.717, 1.165) is 31.4 Å². The summed E-state index contributed by atoms with van der Waals surface area (Å²) < 4.78 is 0. The number of nitrogens with zero attached hydrogens (tertiary/aromatic N) is 1. The van der Waals surface area contributed by atoms with Crippen LogP contribution in [0.4, 0.5) is 0 Å². The highest BCUT2D eigenvalue weighted by atomic mass is 16.3. The third-order valence-electron chi connectivity index (χ3n) is 9.50. The summed E-state index contributed by atoms with van der Waals surface area (Å²) in [5.41, 5.74) is 1.91. The minimum atomic E-state index is -0.510. The van der Waals surface area contributed by atoms with Crippen molar-refractivity contribution in [2.45, 2.75) is 77.4 Å². The third kappa shape index (κ3) is 1.88. The van der Waals surface area contributed by atoms with Gasteiger partial charge in [0.15, 0.2) is 0 Å². The zero-order valence-electron chi connectivity index (χ0n) is 15.8. The lowest BCUT2D eigenvalue weighted by Gasteiger charge is -2.61. The van der Waals surface area contributed by atoms with Crippen LogP contribution in [0.1, 0.15) is 76.7 Å². The maximum Gasteiger partial charge on any atom is 0.0990 e. The van der Waals surface area contributed by atoms with Gasteiger partial charge in [0, 0.05) is 0 Å². The average molecular weight is 344 g/mol. The fourth-order valence-corrected chi connectivity index (χ4v) is 7.84. The number of hydrogen-bond donors (Lipinski definition) is 3. The topological polar surface area (TPSA) is 69.1 Å². The average Bonchev–Trinajstić information content (AvgIpc) is 3.10. The summed E-state index contributed by atoms with van der Waals surface area (Å²) in [6, 6.07) is 0. The lowest BCUT2D eigenvalue weighted by molar-refractivity contribution is -0.156. The summed E-state index contributed by atoms with van der Waals surface area (Å²) in [7, 11) is 0. The Morgan fingerprint density at radius 3 is 2.60 bits per heavy atom. The van der Waals surface area contributed by atoms with Crippen molar-refractivity contribution in [1.29, 1.82) is 0 Å². The van der Waals surface area contributed by atoms with Gasteiger partial charge in [0.25, 0.3) is 0 Å². The highest BCUT2D eigenvalue weighted by Gasteiger charge is 2.64. The number of aliphatic hydroxyl groups is 2. The molecule has 1 aromatic heterocycles. The van der Waals surface area contributed by atoms with E-state index in [1.54, 1.807) is 0 Å². The predicted molar refractivity (Wildman–Crippen MR) is 95.8 cm³/mol. The van der Waals surface area contributed by atoms with E-state index in [9.17, 15) is 10.2 Å². The Labute approximate surface area is 150 Å². The summed E-state index contributed by atoms with van der Waals surface area (Å²) in [6.07, 6.45) is 9.34. The van der Waals surface area contributed by atoms with Crippen molar-refractivity contribution in [3.8, 4) is 0 Å². The number of hydrogen-bond acceptors (Lipinski definition) is 3. The number of H-pyrrole nitrogens is 1. The van der Waals surface area contributed by atoms with E-state index in [-0.39, 0.29) is 10.8 Å².